The summed E-state index contributed by atoms with van der Waals surface area (Å²) in [5.74, 6) is 1.22. The highest BCUT2D eigenvalue weighted by Gasteiger charge is 2.20. The van der Waals surface area contributed by atoms with Crippen LogP contribution in [0.15, 0.2) is 47.4 Å². The molecule has 0 radical (unpaired) electrons. The van der Waals surface area contributed by atoms with Gasteiger partial charge in [0.15, 0.2) is 9.84 Å². The number of benzene rings is 1. The van der Waals surface area contributed by atoms with Gasteiger partial charge in [0.2, 0.25) is 5.88 Å². The summed E-state index contributed by atoms with van der Waals surface area (Å²) in [6.45, 7) is 4.55. The van der Waals surface area contributed by atoms with E-state index in [2.05, 4.69) is 9.88 Å². The highest BCUT2D eigenvalue weighted by molar-refractivity contribution is 7.90. The summed E-state index contributed by atoms with van der Waals surface area (Å²) in [4.78, 5) is 7.03. The van der Waals surface area contributed by atoms with Gasteiger partial charge in [-0.05, 0) is 56.0 Å². The van der Waals surface area contributed by atoms with Crippen LogP contribution in [0.25, 0.3) is 0 Å². The minimum atomic E-state index is -3.14. The number of sulfone groups is 1. The lowest BCUT2D eigenvalue weighted by atomic mass is 9.97. The molecule has 25 heavy (non-hydrogen) atoms. The lowest BCUT2D eigenvalue weighted by Crippen LogP contribution is -2.35. The Bertz CT molecular complexity index is 811. The molecule has 0 N–H and O–H groups in total. The fraction of sp³-hybridized carbons (Fsp3) is 0.421. The lowest BCUT2D eigenvalue weighted by molar-refractivity contribution is 0.216. The van der Waals surface area contributed by atoms with Crippen LogP contribution >= 0.6 is 0 Å². The number of piperidine rings is 1. The molecule has 1 aromatic carbocycles. The van der Waals surface area contributed by atoms with E-state index in [1.54, 1.807) is 12.1 Å². The first-order valence-corrected chi connectivity index (χ1v) is 10.4. The maximum Gasteiger partial charge on any atom is 0.213 e. The van der Waals surface area contributed by atoms with Crippen molar-refractivity contribution < 1.29 is 13.2 Å². The lowest BCUT2D eigenvalue weighted by Gasteiger charge is -2.33. The summed E-state index contributed by atoms with van der Waals surface area (Å²) in [6.07, 6.45) is 3.34. The molecule has 0 amide bonds. The van der Waals surface area contributed by atoms with Crippen LogP contribution in [0, 0.1) is 12.8 Å². The van der Waals surface area contributed by atoms with Crippen LogP contribution in [0.2, 0.25) is 0 Å². The van der Waals surface area contributed by atoms with Crippen molar-refractivity contribution in [1.82, 2.24) is 4.98 Å². The van der Waals surface area contributed by atoms with Crippen LogP contribution in [0.5, 0.6) is 5.88 Å². The molecule has 0 saturated carbocycles. The SMILES string of the molecule is Cc1cccc(OCC2CCN(c3ccc(S(C)(=O)=O)cc3)CC2)n1. The molecule has 2 aromatic rings. The minimum Gasteiger partial charge on any atom is -0.477 e. The fourth-order valence-electron chi connectivity index (χ4n) is 3.06. The van der Waals surface area contributed by atoms with E-state index in [0.29, 0.717) is 23.3 Å². The van der Waals surface area contributed by atoms with E-state index in [1.165, 1.54) is 6.26 Å². The molecule has 0 bridgehead atoms. The Kier molecular flexibility index (Phi) is 5.27. The number of aryl methyl sites for hydroxylation is 1. The molecule has 6 heteroatoms. The normalized spacial score (nSPS) is 16.0. The standard InChI is InChI=1S/C19H24N2O3S/c1-15-4-3-5-19(20-15)24-14-16-10-12-21(13-11-16)17-6-8-18(9-7-17)25(2,22)23/h3-9,16H,10-14H2,1-2H3. The van der Waals surface area contributed by atoms with Gasteiger partial charge in [0.05, 0.1) is 11.5 Å². The van der Waals surface area contributed by atoms with Gasteiger partial charge in [0.25, 0.3) is 0 Å². The summed E-state index contributed by atoms with van der Waals surface area (Å²) in [7, 11) is -3.14. The Labute approximate surface area is 149 Å². The van der Waals surface area contributed by atoms with Crippen molar-refractivity contribution in [2.75, 3.05) is 30.9 Å². The summed E-state index contributed by atoms with van der Waals surface area (Å²) in [5, 5.41) is 0. The number of hydrogen-bond acceptors (Lipinski definition) is 5. The third-order valence-corrected chi connectivity index (χ3v) is 5.70. The largest absolute Gasteiger partial charge is 0.477 e. The highest BCUT2D eigenvalue weighted by Crippen LogP contribution is 2.25. The number of pyridine rings is 1. The third kappa shape index (κ3) is 4.72. The topological polar surface area (TPSA) is 59.5 Å². The Morgan fingerprint density at radius 1 is 1.12 bits per heavy atom. The maximum atomic E-state index is 11.5. The Morgan fingerprint density at radius 2 is 1.80 bits per heavy atom. The number of aromatic nitrogens is 1. The monoisotopic (exact) mass is 360 g/mol. The second-order valence-corrected chi connectivity index (χ2v) is 8.64. The number of rotatable bonds is 5. The predicted molar refractivity (Wildman–Crippen MR) is 99.0 cm³/mol. The average Bonchev–Trinajstić information content (AvgIpc) is 2.60. The quantitative estimate of drug-likeness (QED) is 0.820. The summed E-state index contributed by atoms with van der Waals surface area (Å²) in [6, 6.07) is 13.0. The fourth-order valence-corrected chi connectivity index (χ4v) is 3.69. The highest BCUT2D eigenvalue weighted by atomic mass is 32.2. The molecule has 0 aliphatic carbocycles. The molecule has 1 aliphatic heterocycles. The molecule has 0 spiro atoms. The Balaban J connectivity index is 1.51. The van der Waals surface area contributed by atoms with E-state index < -0.39 is 9.84 Å². The van der Waals surface area contributed by atoms with E-state index in [4.69, 9.17) is 4.74 Å². The van der Waals surface area contributed by atoms with Gasteiger partial charge in [0.1, 0.15) is 0 Å². The molecule has 5 nitrogen and oxygen atoms in total. The van der Waals surface area contributed by atoms with E-state index in [0.717, 1.165) is 37.3 Å². The van der Waals surface area contributed by atoms with Crippen LogP contribution in [-0.4, -0.2) is 39.4 Å². The molecule has 0 atom stereocenters. The second-order valence-electron chi connectivity index (χ2n) is 6.62. The van der Waals surface area contributed by atoms with Crippen LogP contribution in [-0.2, 0) is 9.84 Å². The third-order valence-electron chi connectivity index (χ3n) is 4.57. The van der Waals surface area contributed by atoms with Crippen LogP contribution in [0.1, 0.15) is 18.5 Å². The van der Waals surface area contributed by atoms with Gasteiger partial charge in [-0.1, -0.05) is 6.07 Å². The average molecular weight is 360 g/mol. The first kappa shape index (κ1) is 17.7. The van der Waals surface area contributed by atoms with Gasteiger partial charge < -0.3 is 9.64 Å². The van der Waals surface area contributed by atoms with Gasteiger partial charge in [-0.15, -0.1) is 0 Å². The number of ether oxygens (including phenoxy) is 1. The minimum absolute atomic E-state index is 0.366. The molecule has 1 aliphatic rings. The van der Waals surface area contributed by atoms with E-state index in [1.807, 2.05) is 37.3 Å². The molecule has 134 valence electrons. The maximum absolute atomic E-state index is 11.5. The molecular formula is C19H24N2O3S. The first-order valence-electron chi connectivity index (χ1n) is 8.53. The van der Waals surface area contributed by atoms with E-state index in [-0.39, 0.29) is 0 Å². The molecule has 0 unspecified atom stereocenters. The van der Waals surface area contributed by atoms with Crippen molar-refractivity contribution in [3.05, 3.63) is 48.2 Å². The predicted octanol–water partition coefficient (Wildman–Crippen LogP) is 3.09. The number of anilines is 1. The van der Waals surface area contributed by atoms with Gasteiger partial charge in [0, 0.05) is 36.8 Å². The molecule has 2 heterocycles. The van der Waals surface area contributed by atoms with E-state index >= 15 is 0 Å². The van der Waals surface area contributed by atoms with E-state index in [9.17, 15) is 8.42 Å². The van der Waals surface area contributed by atoms with Crippen LogP contribution in [0.3, 0.4) is 0 Å². The smallest absolute Gasteiger partial charge is 0.213 e. The molecule has 1 aromatic heterocycles. The van der Waals surface area contributed by atoms with Gasteiger partial charge in [-0.25, -0.2) is 13.4 Å². The molecule has 3 rings (SSSR count). The zero-order valence-electron chi connectivity index (χ0n) is 14.7. The number of hydrogen-bond donors (Lipinski definition) is 0. The Morgan fingerprint density at radius 3 is 2.40 bits per heavy atom. The van der Waals surface area contributed by atoms with Crippen LogP contribution in [0.4, 0.5) is 5.69 Å². The number of nitrogens with zero attached hydrogens (tertiary/aromatic N) is 2. The van der Waals surface area contributed by atoms with Crippen LogP contribution < -0.4 is 9.64 Å². The first-order chi connectivity index (χ1) is 11.9. The van der Waals surface area contributed by atoms with Gasteiger partial charge in [-0.3, -0.25) is 0 Å². The van der Waals surface area contributed by atoms with Crippen molar-refractivity contribution in [2.45, 2.75) is 24.7 Å². The second kappa shape index (κ2) is 7.44. The molecule has 1 fully saturated rings. The summed E-state index contributed by atoms with van der Waals surface area (Å²) in [5.41, 5.74) is 2.04. The van der Waals surface area contributed by atoms with Crippen molar-refractivity contribution in [3.8, 4) is 5.88 Å². The van der Waals surface area contributed by atoms with Crippen molar-refractivity contribution >= 4 is 15.5 Å². The summed E-state index contributed by atoms with van der Waals surface area (Å²) >= 11 is 0. The molecule has 1 saturated heterocycles. The van der Waals surface area contributed by atoms with Crippen molar-refractivity contribution in [2.24, 2.45) is 5.92 Å². The molecular weight excluding hydrogens is 336 g/mol. The van der Waals surface area contributed by atoms with Crippen molar-refractivity contribution in [3.63, 3.8) is 0 Å². The summed E-state index contributed by atoms with van der Waals surface area (Å²) < 4.78 is 28.9. The Hall–Kier alpha value is -2.08. The zero-order chi connectivity index (χ0) is 17.9. The van der Waals surface area contributed by atoms with Gasteiger partial charge in [-0.2, -0.15) is 0 Å². The van der Waals surface area contributed by atoms with Gasteiger partial charge >= 0.3 is 0 Å². The zero-order valence-corrected chi connectivity index (χ0v) is 15.5. The van der Waals surface area contributed by atoms with Crippen molar-refractivity contribution in [1.29, 1.82) is 0 Å².